The molecule has 0 bridgehead atoms. The summed E-state index contributed by atoms with van der Waals surface area (Å²) in [5, 5.41) is 3.52. The Morgan fingerprint density at radius 2 is 1.84 bits per heavy atom. The molecule has 5 heteroatoms. The molecule has 25 heavy (non-hydrogen) atoms. The molecule has 1 heterocycles. The van der Waals surface area contributed by atoms with Gasteiger partial charge in [0.05, 0.1) is 29.8 Å². The number of aryl methyl sites for hydroxylation is 1. The smallest absolute Gasteiger partial charge is 0.252 e. The molecule has 1 atom stereocenters. The van der Waals surface area contributed by atoms with Gasteiger partial charge in [-0.15, -0.1) is 0 Å². The van der Waals surface area contributed by atoms with Gasteiger partial charge in [0.15, 0.2) is 0 Å². The molecular formula is C20H23ClN2O2. The zero-order valence-electron chi connectivity index (χ0n) is 14.4. The Bertz CT molecular complexity index is 712. The largest absolute Gasteiger partial charge is 0.379 e. The van der Waals surface area contributed by atoms with Crippen LogP contribution in [0.15, 0.2) is 48.5 Å². The second-order valence-electron chi connectivity index (χ2n) is 6.26. The summed E-state index contributed by atoms with van der Waals surface area (Å²) in [7, 11) is 0. The lowest BCUT2D eigenvalue weighted by molar-refractivity contribution is 0.0162. The Kier molecular flexibility index (Phi) is 6.08. The Morgan fingerprint density at radius 1 is 1.16 bits per heavy atom. The summed E-state index contributed by atoms with van der Waals surface area (Å²) in [5.41, 5.74) is 2.94. The van der Waals surface area contributed by atoms with E-state index < -0.39 is 0 Å². The van der Waals surface area contributed by atoms with E-state index in [2.05, 4.69) is 41.4 Å². The molecule has 1 amide bonds. The molecule has 1 aliphatic rings. The molecule has 1 saturated heterocycles. The lowest BCUT2D eigenvalue weighted by Gasteiger charge is -2.35. The van der Waals surface area contributed by atoms with E-state index in [-0.39, 0.29) is 11.9 Å². The summed E-state index contributed by atoms with van der Waals surface area (Å²) < 4.78 is 5.47. The molecule has 0 aliphatic carbocycles. The maximum absolute atomic E-state index is 12.5. The van der Waals surface area contributed by atoms with Gasteiger partial charge in [0, 0.05) is 19.6 Å². The van der Waals surface area contributed by atoms with Gasteiger partial charge in [-0.3, -0.25) is 9.69 Å². The average Bonchev–Trinajstić information content (AvgIpc) is 2.64. The number of nitrogens with one attached hydrogen (secondary N) is 1. The van der Waals surface area contributed by atoms with Crippen molar-refractivity contribution in [2.75, 3.05) is 32.8 Å². The van der Waals surface area contributed by atoms with Crippen molar-refractivity contribution in [2.24, 2.45) is 0 Å². The second kappa shape index (κ2) is 8.48. The Balaban J connectivity index is 1.74. The molecule has 4 nitrogen and oxygen atoms in total. The molecule has 2 aromatic carbocycles. The van der Waals surface area contributed by atoms with E-state index in [4.69, 9.17) is 16.3 Å². The number of rotatable bonds is 5. The van der Waals surface area contributed by atoms with Gasteiger partial charge in [-0.2, -0.15) is 0 Å². The SMILES string of the molecule is Cc1ccc([C@H](CNC(=O)c2ccccc2Cl)N2CCOCC2)cc1. The molecule has 0 aromatic heterocycles. The van der Waals surface area contributed by atoms with Crippen molar-refractivity contribution >= 4 is 17.5 Å². The number of morpholine rings is 1. The molecule has 0 saturated carbocycles. The summed E-state index contributed by atoms with van der Waals surface area (Å²) >= 11 is 6.13. The average molecular weight is 359 g/mol. The van der Waals surface area contributed by atoms with Gasteiger partial charge in [-0.1, -0.05) is 53.6 Å². The predicted octanol–water partition coefficient (Wildman–Crippen LogP) is 3.45. The highest BCUT2D eigenvalue weighted by molar-refractivity contribution is 6.33. The fourth-order valence-corrected chi connectivity index (χ4v) is 3.29. The van der Waals surface area contributed by atoms with Crippen molar-refractivity contribution < 1.29 is 9.53 Å². The number of ether oxygens (including phenoxy) is 1. The van der Waals surface area contributed by atoms with Crippen LogP contribution in [0.4, 0.5) is 0 Å². The maximum Gasteiger partial charge on any atom is 0.252 e. The second-order valence-corrected chi connectivity index (χ2v) is 6.67. The molecule has 3 rings (SSSR count). The monoisotopic (exact) mass is 358 g/mol. The first-order valence-corrected chi connectivity index (χ1v) is 8.94. The number of hydrogen-bond acceptors (Lipinski definition) is 3. The van der Waals surface area contributed by atoms with E-state index in [1.807, 2.05) is 12.1 Å². The molecule has 0 radical (unpaired) electrons. The van der Waals surface area contributed by atoms with Crippen molar-refractivity contribution in [2.45, 2.75) is 13.0 Å². The van der Waals surface area contributed by atoms with Gasteiger partial charge < -0.3 is 10.1 Å². The van der Waals surface area contributed by atoms with E-state index in [1.165, 1.54) is 11.1 Å². The number of halogens is 1. The topological polar surface area (TPSA) is 41.6 Å². The molecule has 1 N–H and O–H groups in total. The van der Waals surface area contributed by atoms with Crippen LogP contribution in [0, 0.1) is 6.92 Å². The van der Waals surface area contributed by atoms with Crippen LogP contribution < -0.4 is 5.32 Å². The maximum atomic E-state index is 12.5. The van der Waals surface area contributed by atoms with E-state index in [1.54, 1.807) is 12.1 Å². The third-order valence-corrected chi connectivity index (χ3v) is 4.85. The van der Waals surface area contributed by atoms with E-state index >= 15 is 0 Å². The van der Waals surface area contributed by atoms with Gasteiger partial charge in [-0.05, 0) is 24.6 Å². The highest BCUT2D eigenvalue weighted by atomic mass is 35.5. The molecule has 0 unspecified atom stereocenters. The number of amides is 1. The minimum absolute atomic E-state index is 0.121. The fourth-order valence-electron chi connectivity index (χ4n) is 3.07. The number of carbonyl (C=O) groups is 1. The minimum atomic E-state index is -0.143. The van der Waals surface area contributed by atoms with Crippen molar-refractivity contribution in [3.8, 4) is 0 Å². The van der Waals surface area contributed by atoms with E-state index in [9.17, 15) is 4.79 Å². The fraction of sp³-hybridized carbons (Fsp3) is 0.350. The van der Waals surface area contributed by atoms with Crippen molar-refractivity contribution in [3.63, 3.8) is 0 Å². The van der Waals surface area contributed by atoms with Crippen LogP contribution in [0.25, 0.3) is 0 Å². The Hall–Kier alpha value is -1.88. The van der Waals surface area contributed by atoms with Crippen molar-refractivity contribution in [1.29, 1.82) is 0 Å². The molecule has 0 spiro atoms. The number of hydrogen-bond donors (Lipinski definition) is 1. The van der Waals surface area contributed by atoms with Gasteiger partial charge in [0.1, 0.15) is 0 Å². The summed E-state index contributed by atoms with van der Waals surface area (Å²) in [6.07, 6.45) is 0. The van der Waals surface area contributed by atoms with Crippen LogP contribution in [0.5, 0.6) is 0 Å². The van der Waals surface area contributed by atoms with Crippen LogP contribution in [0.1, 0.15) is 27.5 Å². The normalized spacial score (nSPS) is 16.4. The number of nitrogens with zero attached hydrogens (tertiary/aromatic N) is 1. The third kappa shape index (κ3) is 4.60. The van der Waals surface area contributed by atoms with Crippen LogP contribution in [-0.4, -0.2) is 43.7 Å². The predicted molar refractivity (Wildman–Crippen MR) is 100 cm³/mol. The first kappa shape index (κ1) is 17.9. The summed E-state index contributed by atoms with van der Waals surface area (Å²) in [4.78, 5) is 14.9. The molecule has 132 valence electrons. The summed E-state index contributed by atoms with van der Waals surface area (Å²) in [6.45, 7) is 5.78. The van der Waals surface area contributed by atoms with Gasteiger partial charge in [0.25, 0.3) is 5.91 Å². The van der Waals surface area contributed by atoms with E-state index in [0.29, 0.717) is 17.1 Å². The quantitative estimate of drug-likeness (QED) is 0.890. The molecule has 1 aliphatic heterocycles. The van der Waals surface area contributed by atoms with Gasteiger partial charge in [0.2, 0.25) is 0 Å². The highest BCUT2D eigenvalue weighted by Gasteiger charge is 2.23. The standard InChI is InChI=1S/C20H23ClN2O2/c1-15-6-8-16(9-7-15)19(23-10-12-25-13-11-23)14-22-20(24)17-4-2-3-5-18(17)21/h2-9,19H,10-14H2,1H3,(H,22,24)/t19-/m0/s1. The molecular weight excluding hydrogens is 336 g/mol. The van der Waals surface area contributed by atoms with Crippen molar-refractivity contribution in [1.82, 2.24) is 10.2 Å². The van der Waals surface area contributed by atoms with Crippen LogP contribution in [-0.2, 0) is 4.74 Å². The summed E-state index contributed by atoms with van der Waals surface area (Å²) in [5.74, 6) is -0.143. The van der Waals surface area contributed by atoms with Crippen LogP contribution in [0.3, 0.4) is 0 Å². The zero-order valence-corrected chi connectivity index (χ0v) is 15.1. The Morgan fingerprint density at radius 3 is 2.52 bits per heavy atom. The summed E-state index contributed by atoms with van der Waals surface area (Å²) in [6, 6.07) is 15.7. The number of carbonyl (C=O) groups excluding carboxylic acids is 1. The first-order chi connectivity index (χ1) is 12.1. The van der Waals surface area contributed by atoms with E-state index in [0.717, 1.165) is 26.3 Å². The lowest BCUT2D eigenvalue weighted by Crippen LogP contribution is -2.43. The van der Waals surface area contributed by atoms with Crippen molar-refractivity contribution in [3.05, 3.63) is 70.2 Å². The first-order valence-electron chi connectivity index (χ1n) is 8.56. The number of benzene rings is 2. The zero-order chi connectivity index (χ0) is 17.6. The highest BCUT2D eigenvalue weighted by Crippen LogP contribution is 2.22. The van der Waals surface area contributed by atoms with Gasteiger partial charge >= 0.3 is 0 Å². The van der Waals surface area contributed by atoms with Gasteiger partial charge in [-0.25, -0.2) is 0 Å². The Labute approximate surface area is 153 Å². The lowest BCUT2D eigenvalue weighted by atomic mass is 10.0. The van der Waals surface area contributed by atoms with Crippen LogP contribution in [0.2, 0.25) is 5.02 Å². The third-order valence-electron chi connectivity index (χ3n) is 4.52. The molecule has 2 aromatic rings. The van der Waals surface area contributed by atoms with Crippen LogP contribution >= 0.6 is 11.6 Å². The minimum Gasteiger partial charge on any atom is -0.379 e. The molecule has 1 fully saturated rings.